The lowest BCUT2D eigenvalue weighted by atomic mass is 9.93. The molecule has 3 unspecified atom stereocenters. The van der Waals surface area contributed by atoms with Crippen molar-refractivity contribution in [3.8, 4) is 0 Å². The molecule has 3 nitrogen and oxygen atoms in total. The van der Waals surface area contributed by atoms with Crippen LogP contribution in [0.1, 0.15) is 33.1 Å². The Kier molecular flexibility index (Phi) is 5.58. The molecule has 0 aromatic carbocycles. The van der Waals surface area contributed by atoms with Crippen LogP contribution in [-0.2, 0) is 0 Å². The minimum Gasteiger partial charge on any atom is -0.396 e. The Bertz CT molecular complexity index is 175. The highest BCUT2D eigenvalue weighted by Crippen LogP contribution is 2.16. The number of nitrogens with zero attached hydrogens (tertiary/aromatic N) is 1. The number of rotatable bonds is 5. The SMILES string of the molecule is CC(CCCO)NC1CCN(C)CC1C. The molecule has 3 heteroatoms. The van der Waals surface area contributed by atoms with Crippen molar-refractivity contribution in [2.24, 2.45) is 5.92 Å². The summed E-state index contributed by atoms with van der Waals surface area (Å²) in [4.78, 5) is 2.40. The zero-order chi connectivity index (χ0) is 11.3. The Morgan fingerprint density at radius 1 is 1.53 bits per heavy atom. The smallest absolute Gasteiger partial charge is 0.0431 e. The number of piperidine rings is 1. The third-order valence-corrected chi connectivity index (χ3v) is 3.40. The van der Waals surface area contributed by atoms with Crippen molar-refractivity contribution < 1.29 is 5.11 Å². The Hall–Kier alpha value is -0.120. The van der Waals surface area contributed by atoms with E-state index in [4.69, 9.17) is 5.11 Å². The van der Waals surface area contributed by atoms with Crippen molar-refractivity contribution in [1.29, 1.82) is 0 Å². The van der Waals surface area contributed by atoms with Crippen molar-refractivity contribution >= 4 is 0 Å². The Morgan fingerprint density at radius 3 is 2.87 bits per heavy atom. The molecule has 90 valence electrons. The quantitative estimate of drug-likeness (QED) is 0.719. The highest BCUT2D eigenvalue weighted by Gasteiger charge is 2.24. The van der Waals surface area contributed by atoms with E-state index in [9.17, 15) is 0 Å². The van der Waals surface area contributed by atoms with Gasteiger partial charge in [0.15, 0.2) is 0 Å². The maximum Gasteiger partial charge on any atom is 0.0431 e. The number of hydrogen-bond acceptors (Lipinski definition) is 3. The summed E-state index contributed by atoms with van der Waals surface area (Å²) in [6, 6.07) is 1.20. The van der Waals surface area contributed by atoms with E-state index in [1.54, 1.807) is 0 Å². The van der Waals surface area contributed by atoms with Crippen molar-refractivity contribution in [3.63, 3.8) is 0 Å². The summed E-state index contributed by atoms with van der Waals surface area (Å²) in [6.45, 7) is 7.26. The molecule has 0 aromatic rings. The minimum absolute atomic E-state index is 0.314. The lowest BCUT2D eigenvalue weighted by Gasteiger charge is -2.37. The molecular formula is C12H26N2O. The second-order valence-corrected chi connectivity index (χ2v) is 5.07. The summed E-state index contributed by atoms with van der Waals surface area (Å²) in [5, 5.41) is 12.5. The largest absolute Gasteiger partial charge is 0.396 e. The van der Waals surface area contributed by atoms with Gasteiger partial charge in [0.1, 0.15) is 0 Å². The maximum absolute atomic E-state index is 8.77. The van der Waals surface area contributed by atoms with Gasteiger partial charge in [-0.3, -0.25) is 0 Å². The fraction of sp³-hybridized carbons (Fsp3) is 1.00. The number of hydrogen-bond donors (Lipinski definition) is 2. The number of nitrogens with one attached hydrogen (secondary N) is 1. The van der Waals surface area contributed by atoms with Gasteiger partial charge in [-0.15, -0.1) is 0 Å². The van der Waals surface area contributed by atoms with Crippen LogP contribution in [0.15, 0.2) is 0 Å². The van der Waals surface area contributed by atoms with Crippen LogP contribution < -0.4 is 5.32 Å². The maximum atomic E-state index is 8.77. The van der Waals surface area contributed by atoms with Gasteiger partial charge in [0.25, 0.3) is 0 Å². The highest BCUT2D eigenvalue weighted by atomic mass is 16.2. The van der Waals surface area contributed by atoms with Crippen LogP contribution in [0.4, 0.5) is 0 Å². The van der Waals surface area contributed by atoms with Crippen LogP contribution in [0.2, 0.25) is 0 Å². The summed E-state index contributed by atoms with van der Waals surface area (Å²) in [6.07, 6.45) is 3.24. The van der Waals surface area contributed by atoms with E-state index in [0.717, 1.165) is 18.8 Å². The van der Waals surface area contributed by atoms with Crippen molar-refractivity contribution in [3.05, 3.63) is 0 Å². The summed E-state index contributed by atoms with van der Waals surface area (Å²) in [5.74, 6) is 0.736. The van der Waals surface area contributed by atoms with Crippen molar-refractivity contribution in [2.45, 2.75) is 45.2 Å². The third kappa shape index (κ3) is 4.49. The van der Waals surface area contributed by atoms with Gasteiger partial charge in [-0.2, -0.15) is 0 Å². The van der Waals surface area contributed by atoms with Gasteiger partial charge < -0.3 is 15.3 Å². The first-order valence-electron chi connectivity index (χ1n) is 6.19. The first-order chi connectivity index (χ1) is 7.13. The van der Waals surface area contributed by atoms with Gasteiger partial charge in [-0.25, -0.2) is 0 Å². The normalized spacial score (nSPS) is 30.4. The number of aliphatic hydroxyl groups is 1. The predicted molar refractivity (Wildman–Crippen MR) is 64.0 cm³/mol. The van der Waals surface area contributed by atoms with E-state index >= 15 is 0 Å². The number of likely N-dealkylation sites (tertiary alicyclic amines) is 1. The molecule has 1 fully saturated rings. The first-order valence-corrected chi connectivity index (χ1v) is 6.19. The average molecular weight is 214 g/mol. The molecule has 1 heterocycles. The second-order valence-electron chi connectivity index (χ2n) is 5.07. The van der Waals surface area contributed by atoms with Gasteiger partial charge in [0.05, 0.1) is 0 Å². The van der Waals surface area contributed by atoms with Crippen LogP contribution in [0.5, 0.6) is 0 Å². The van der Waals surface area contributed by atoms with E-state index < -0.39 is 0 Å². The molecule has 15 heavy (non-hydrogen) atoms. The van der Waals surface area contributed by atoms with Crippen LogP contribution in [0.3, 0.4) is 0 Å². The fourth-order valence-corrected chi connectivity index (χ4v) is 2.45. The van der Waals surface area contributed by atoms with Crippen LogP contribution in [0, 0.1) is 5.92 Å². The molecule has 1 rings (SSSR count). The molecule has 1 aliphatic rings. The molecule has 0 aliphatic carbocycles. The molecule has 0 spiro atoms. The lowest BCUT2D eigenvalue weighted by Crippen LogP contribution is -2.49. The molecular weight excluding hydrogens is 188 g/mol. The van der Waals surface area contributed by atoms with E-state index in [2.05, 4.69) is 31.1 Å². The van der Waals surface area contributed by atoms with E-state index in [1.165, 1.54) is 19.5 Å². The minimum atomic E-state index is 0.314. The van der Waals surface area contributed by atoms with Crippen LogP contribution >= 0.6 is 0 Å². The molecule has 0 aromatic heterocycles. The van der Waals surface area contributed by atoms with E-state index in [0.29, 0.717) is 18.7 Å². The first kappa shape index (κ1) is 12.9. The summed E-state index contributed by atoms with van der Waals surface area (Å²) >= 11 is 0. The molecule has 2 N–H and O–H groups in total. The Balaban J connectivity index is 2.25. The summed E-state index contributed by atoms with van der Waals surface area (Å²) in [7, 11) is 2.20. The molecule has 1 saturated heterocycles. The Labute approximate surface area is 93.9 Å². The van der Waals surface area contributed by atoms with Gasteiger partial charge in [-0.1, -0.05) is 6.92 Å². The zero-order valence-electron chi connectivity index (χ0n) is 10.4. The highest BCUT2D eigenvalue weighted by molar-refractivity contribution is 4.83. The number of aliphatic hydroxyl groups excluding tert-OH is 1. The van der Waals surface area contributed by atoms with Gasteiger partial charge >= 0.3 is 0 Å². The van der Waals surface area contributed by atoms with Gasteiger partial charge in [0, 0.05) is 25.2 Å². The molecule has 0 amide bonds. The molecule has 0 saturated carbocycles. The van der Waals surface area contributed by atoms with Crippen LogP contribution in [-0.4, -0.2) is 48.8 Å². The molecule has 0 radical (unpaired) electrons. The average Bonchev–Trinajstić information content (AvgIpc) is 2.19. The summed E-state index contributed by atoms with van der Waals surface area (Å²) in [5.41, 5.74) is 0. The second kappa shape index (κ2) is 6.46. The standard InChI is InChI=1S/C12H26N2O/c1-10-9-14(3)7-6-12(10)13-11(2)5-4-8-15/h10-13,15H,4-9H2,1-3H3. The lowest BCUT2D eigenvalue weighted by molar-refractivity contribution is 0.164. The zero-order valence-corrected chi connectivity index (χ0v) is 10.4. The van der Waals surface area contributed by atoms with E-state index in [1.807, 2.05) is 0 Å². The van der Waals surface area contributed by atoms with E-state index in [-0.39, 0.29) is 0 Å². The Morgan fingerprint density at radius 2 is 2.27 bits per heavy atom. The predicted octanol–water partition coefficient (Wildman–Crippen LogP) is 1.08. The van der Waals surface area contributed by atoms with Crippen molar-refractivity contribution in [2.75, 3.05) is 26.7 Å². The molecule has 1 aliphatic heterocycles. The van der Waals surface area contributed by atoms with Gasteiger partial charge in [-0.05, 0) is 45.7 Å². The summed E-state index contributed by atoms with van der Waals surface area (Å²) < 4.78 is 0. The topological polar surface area (TPSA) is 35.5 Å². The third-order valence-electron chi connectivity index (χ3n) is 3.40. The molecule has 0 bridgehead atoms. The van der Waals surface area contributed by atoms with Crippen molar-refractivity contribution in [1.82, 2.24) is 10.2 Å². The van der Waals surface area contributed by atoms with Gasteiger partial charge in [0.2, 0.25) is 0 Å². The molecule has 3 atom stereocenters. The fourth-order valence-electron chi connectivity index (χ4n) is 2.45. The van der Waals surface area contributed by atoms with Crippen LogP contribution in [0.25, 0.3) is 0 Å². The monoisotopic (exact) mass is 214 g/mol.